The summed E-state index contributed by atoms with van der Waals surface area (Å²) < 4.78 is 16.6. The van der Waals surface area contributed by atoms with Crippen LogP contribution in [0.2, 0.25) is 0 Å². The molecule has 0 amide bonds. The molecular weight excluding hydrogens is 372 g/mol. The van der Waals surface area contributed by atoms with Crippen LogP contribution in [0, 0.1) is 10.1 Å². The van der Waals surface area contributed by atoms with E-state index in [0.717, 1.165) is 11.1 Å². The van der Waals surface area contributed by atoms with Gasteiger partial charge in [0.1, 0.15) is 17.9 Å². The predicted molar refractivity (Wildman–Crippen MR) is 109 cm³/mol. The minimum absolute atomic E-state index is 0.0636. The Morgan fingerprint density at radius 1 is 1.00 bits per heavy atom. The second kappa shape index (κ2) is 8.12. The largest absolute Gasteiger partial charge is 0.490 e. The Morgan fingerprint density at radius 3 is 2.59 bits per heavy atom. The van der Waals surface area contributed by atoms with E-state index in [1.165, 1.54) is 12.1 Å². The van der Waals surface area contributed by atoms with Crippen LogP contribution in [0.4, 0.5) is 5.69 Å². The zero-order valence-corrected chi connectivity index (χ0v) is 15.7. The monoisotopic (exact) mass is 390 g/mol. The first-order valence-corrected chi connectivity index (χ1v) is 9.02. The smallest absolute Gasteiger partial charge is 0.270 e. The fourth-order valence-electron chi connectivity index (χ4n) is 3.01. The van der Waals surface area contributed by atoms with Crippen molar-refractivity contribution < 1.29 is 18.8 Å². The number of benzene rings is 3. The fraction of sp³-hybridized carbons (Fsp3) is 0.136. The molecular formula is C22H18N2O5. The van der Waals surface area contributed by atoms with E-state index in [1.54, 1.807) is 13.2 Å². The van der Waals surface area contributed by atoms with Crippen molar-refractivity contribution in [3.63, 3.8) is 0 Å². The zero-order chi connectivity index (χ0) is 20.2. The van der Waals surface area contributed by atoms with Crippen LogP contribution in [0.1, 0.15) is 0 Å². The lowest BCUT2D eigenvalue weighted by molar-refractivity contribution is -0.384. The molecule has 0 atom stereocenters. The van der Waals surface area contributed by atoms with Gasteiger partial charge in [-0.1, -0.05) is 36.4 Å². The van der Waals surface area contributed by atoms with Crippen LogP contribution < -0.4 is 4.74 Å². The number of hydrogen-bond donors (Lipinski definition) is 0. The molecule has 0 N–H and O–H groups in total. The molecule has 0 bridgehead atoms. The molecule has 0 unspecified atom stereocenters. The number of methoxy groups -OCH3 is 1. The maximum atomic E-state index is 11.2. The van der Waals surface area contributed by atoms with Crippen molar-refractivity contribution in [1.29, 1.82) is 0 Å². The Bertz CT molecular complexity index is 1150. The standard InChI is InChI=1S/C22H18N2O5/c1-27-11-12-28-20-10-8-17(24(25)26)14-18(20)22-23-19-13-16(7-9-21(19)29-22)15-5-3-2-4-6-15/h2-10,13-14H,11-12H2,1H3. The first kappa shape index (κ1) is 18.6. The van der Waals surface area contributed by atoms with Gasteiger partial charge in [-0.15, -0.1) is 0 Å². The number of oxazole rings is 1. The van der Waals surface area contributed by atoms with Gasteiger partial charge in [0, 0.05) is 19.2 Å². The van der Waals surface area contributed by atoms with Crippen molar-refractivity contribution >= 4 is 16.8 Å². The molecule has 0 aliphatic heterocycles. The molecule has 0 aliphatic carbocycles. The molecule has 1 aromatic heterocycles. The van der Waals surface area contributed by atoms with Gasteiger partial charge in [-0.3, -0.25) is 10.1 Å². The van der Waals surface area contributed by atoms with E-state index in [2.05, 4.69) is 4.98 Å². The second-order valence-electron chi connectivity index (χ2n) is 6.35. The first-order valence-electron chi connectivity index (χ1n) is 9.02. The Kier molecular flexibility index (Phi) is 5.22. The van der Waals surface area contributed by atoms with E-state index in [-0.39, 0.29) is 11.6 Å². The van der Waals surface area contributed by atoms with Crippen LogP contribution in [-0.2, 0) is 4.74 Å². The maximum Gasteiger partial charge on any atom is 0.270 e. The van der Waals surface area contributed by atoms with E-state index >= 15 is 0 Å². The molecule has 4 rings (SSSR count). The average molecular weight is 390 g/mol. The molecule has 0 saturated carbocycles. The van der Waals surface area contributed by atoms with E-state index < -0.39 is 4.92 Å². The van der Waals surface area contributed by atoms with Crippen molar-refractivity contribution in [2.24, 2.45) is 0 Å². The third-order valence-corrected chi connectivity index (χ3v) is 4.44. The minimum atomic E-state index is -0.460. The SMILES string of the molecule is COCCOc1ccc([N+](=O)[O-])cc1-c1nc2cc(-c3ccccc3)ccc2o1. The lowest BCUT2D eigenvalue weighted by atomic mass is 10.1. The molecule has 7 heteroatoms. The predicted octanol–water partition coefficient (Wildman–Crippen LogP) is 5.10. The Morgan fingerprint density at radius 2 is 1.83 bits per heavy atom. The van der Waals surface area contributed by atoms with Crippen LogP contribution in [-0.4, -0.2) is 30.2 Å². The number of non-ortho nitro benzene ring substituents is 1. The number of hydrogen-bond acceptors (Lipinski definition) is 6. The first-order chi connectivity index (χ1) is 14.2. The molecule has 146 valence electrons. The zero-order valence-electron chi connectivity index (χ0n) is 15.7. The normalized spacial score (nSPS) is 10.9. The third kappa shape index (κ3) is 3.95. The molecule has 29 heavy (non-hydrogen) atoms. The molecule has 0 spiro atoms. The summed E-state index contributed by atoms with van der Waals surface area (Å²) in [5.41, 5.74) is 3.69. The lowest BCUT2D eigenvalue weighted by Crippen LogP contribution is -2.05. The summed E-state index contributed by atoms with van der Waals surface area (Å²) in [5.74, 6) is 0.712. The highest BCUT2D eigenvalue weighted by atomic mass is 16.6. The summed E-state index contributed by atoms with van der Waals surface area (Å²) in [7, 11) is 1.57. The van der Waals surface area contributed by atoms with Gasteiger partial charge in [0.25, 0.3) is 5.69 Å². The van der Waals surface area contributed by atoms with Crippen molar-refractivity contribution in [2.75, 3.05) is 20.3 Å². The third-order valence-electron chi connectivity index (χ3n) is 4.44. The molecule has 0 fully saturated rings. The van der Waals surface area contributed by atoms with Crippen LogP contribution in [0.25, 0.3) is 33.7 Å². The summed E-state index contributed by atoms with van der Waals surface area (Å²) in [6, 6.07) is 20.0. The van der Waals surface area contributed by atoms with Crippen molar-refractivity contribution in [1.82, 2.24) is 4.98 Å². The minimum Gasteiger partial charge on any atom is -0.490 e. The van der Waals surface area contributed by atoms with Gasteiger partial charge >= 0.3 is 0 Å². The van der Waals surface area contributed by atoms with Crippen molar-refractivity contribution in [2.45, 2.75) is 0 Å². The Balaban J connectivity index is 1.76. The summed E-state index contributed by atoms with van der Waals surface area (Å²) in [5, 5.41) is 11.2. The molecule has 1 heterocycles. The summed E-state index contributed by atoms with van der Waals surface area (Å²) in [6.45, 7) is 0.699. The number of nitro benzene ring substituents is 1. The van der Waals surface area contributed by atoms with Gasteiger partial charge in [-0.2, -0.15) is 0 Å². The topological polar surface area (TPSA) is 87.6 Å². The summed E-state index contributed by atoms with van der Waals surface area (Å²) in [4.78, 5) is 15.3. The Hall–Kier alpha value is -3.71. The van der Waals surface area contributed by atoms with Gasteiger partial charge in [0.2, 0.25) is 5.89 Å². The van der Waals surface area contributed by atoms with Crippen LogP contribution in [0.5, 0.6) is 5.75 Å². The van der Waals surface area contributed by atoms with Crippen LogP contribution in [0.3, 0.4) is 0 Å². The molecule has 0 aliphatic rings. The number of nitro groups is 1. The van der Waals surface area contributed by atoms with Crippen molar-refractivity contribution in [3.05, 3.63) is 76.8 Å². The fourth-order valence-corrected chi connectivity index (χ4v) is 3.01. The van der Waals surface area contributed by atoms with E-state index in [1.807, 2.05) is 48.5 Å². The van der Waals surface area contributed by atoms with Gasteiger partial charge in [-0.25, -0.2) is 4.98 Å². The van der Waals surface area contributed by atoms with Gasteiger partial charge < -0.3 is 13.9 Å². The number of fused-ring (bicyclic) bond motifs is 1. The van der Waals surface area contributed by atoms with Gasteiger partial charge in [0.05, 0.1) is 17.1 Å². The van der Waals surface area contributed by atoms with E-state index in [0.29, 0.717) is 35.6 Å². The van der Waals surface area contributed by atoms with Gasteiger partial charge in [-0.05, 0) is 29.3 Å². The van der Waals surface area contributed by atoms with Crippen LogP contribution in [0.15, 0.2) is 71.1 Å². The highest BCUT2D eigenvalue weighted by Gasteiger charge is 2.18. The molecule has 4 aromatic rings. The average Bonchev–Trinajstić information content (AvgIpc) is 3.18. The molecule has 7 nitrogen and oxygen atoms in total. The maximum absolute atomic E-state index is 11.2. The highest BCUT2D eigenvalue weighted by Crippen LogP contribution is 2.35. The lowest BCUT2D eigenvalue weighted by Gasteiger charge is -2.08. The number of aromatic nitrogens is 1. The van der Waals surface area contributed by atoms with Crippen molar-refractivity contribution in [3.8, 4) is 28.3 Å². The van der Waals surface area contributed by atoms with E-state index in [4.69, 9.17) is 13.9 Å². The summed E-state index contributed by atoms with van der Waals surface area (Å²) >= 11 is 0. The quantitative estimate of drug-likeness (QED) is 0.248. The number of rotatable bonds is 7. The number of nitrogens with zero attached hydrogens (tertiary/aromatic N) is 2. The van der Waals surface area contributed by atoms with Crippen LogP contribution >= 0.6 is 0 Å². The van der Waals surface area contributed by atoms with Gasteiger partial charge in [0.15, 0.2) is 5.58 Å². The molecule has 0 radical (unpaired) electrons. The highest BCUT2D eigenvalue weighted by molar-refractivity contribution is 5.83. The Labute approximate surface area is 166 Å². The second-order valence-corrected chi connectivity index (χ2v) is 6.35. The molecule has 3 aromatic carbocycles. The summed E-state index contributed by atoms with van der Waals surface area (Å²) in [6.07, 6.45) is 0. The number of ether oxygens (including phenoxy) is 2. The molecule has 0 saturated heterocycles. The van der Waals surface area contributed by atoms with E-state index in [9.17, 15) is 10.1 Å².